The fraction of sp³-hybridized carbons (Fsp3) is 0.515. The third kappa shape index (κ3) is 4.97. The number of aliphatic carboxylic acids is 1. The highest BCUT2D eigenvalue weighted by Gasteiger charge is 2.56. The van der Waals surface area contributed by atoms with Crippen LogP contribution < -0.4 is 0 Å². The van der Waals surface area contributed by atoms with Gasteiger partial charge >= 0.3 is 5.97 Å². The molecular weight excluding hydrogens is 556 g/mol. The molecule has 1 aromatic carbocycles. The number of amides is 1. The van der Waals surface area contributed by atoms with Gasteiger partial charge in [0.2, 0.25) is 11.5 Å². The van der Waals surface area contributed by atoms with Crippen LogP contribution in [0.2, 0.25) is 5.02 Å². The van der Waals surface area contributed by atoms with Crippen LogP contribution in [0.15, 0.2) is 66.1 Å². The normalized spacial score (nSPS) is 35.6. The third-order valence-corrected chi connectivity index (χ3v) is 10.3. The highest BCUT2D eigenvalue weighted by atomic mass is 35.5. The topological polar surface area (TPSA) is 111 Å². The van der Waals surface area contributed by atoms with E-state index in [4.69, 9.17) is 16.3 Å². The number of nitrogens with zero attached hydrogens (tertiary/aromatic N) is 2. The molecule has 0 aromatic heterocycles. The van der Waals surface area contributed by atoms with Crippen molar-refractivity contribution < 1.29 is 29.6 Å². The summed E-state index contributed by atoms with van der Waals surface area (Å²) >= 11 is 6.41. The molecule has 1 saturated carbocycles. The number of hydrogen-bond acceptors (Lipinski definition) is 6. The summed E-state index contributed by atoms with van der Waals surface area (Å²) in [6.45, 7) is 1.78. The van der Waals surface area contributed by atoms with E-state index in [0.29, 0.717) is 31.1 Å². The van der Waals surface area contributed by atoms with Crippen molar-refractivity contribution in [2.45, 2.75) is 55.6 Å². The first-order valence-electron chi connectivity index (χ1n) is 14.9. The van der Waals surface area contributed by atoms with Crippen molar-refractivity contribution in [3.8, 4) is 0 Å². The first-order valence-corrected chi connectivity index (χ1v) is 15.3. The molecule has 3 heterocycles. The average Bonchev–Trinajstić information content (AvgIpc) is 2.98. The largest absolute Gasteiger partial charge is 0.496 e. The average molecular weight is 595 g/mol. The van der Waals surface area contributed by atoms with Crippen LogP contribution in [0, 0.1) is 17.8 Å². The van der Waals surface area contributed by atoms with Gasteiger partial charge in [-0.25, -0.2) is 4.79 Å². The number of carbonyl (C=O) groups excluding carboxylic acids is 1. The maximum Gasteiger partial charge on any atom is 0.341 e. The molecule has 3 aliphatic carbocycles. The lowest BCUT2D eigenvalue weighted by atomic mass is 9.68. The molecule has 0 radical (unpaired) electrons. The third-order valence-electron chi connectivity index (χ3n) is 10.1. The summed E-state index contributed by atoms with van der Waals surface area (Å²) < 4.78 is 6.52. The summed E-state index contributed by atoms with van der Waals surface area (Å²) in [5.74, 6) is -2.98. The quantitative estimate of drug-likeness (QED) is 0.424. The van der Waals surface area contributed by atoms with E-state index in [1.54, 1.807) is 25.3 Å². The van der Waals surface area contributed by atoms with Gasteiger partial charge in [0.1, 0.15) is 11.7 Å². The molecule has 8 nitrogen and oxygen atoms in total. The molecule has 7 rings (SSSR count). The van der Waals surface area contributed by atoms with Crippen LogP contribution in [-0.4, -0.2) is 82.0 Å². The van der Waals surface area contributed by atoms with Gasteiger partial charge in [-0.2, -0.15) is 0 Å². The zero-order valence-electron chi connectivity index (χ0n) is 23.9. The maximum absolute atomic E-state index is 14.0. The number of carbonyl (C=O) groups is 2. The molecule has 1 spiro atoms. The molecule has 0 saturated heterocycles. The lowest BCUT2D eigenvalue weighted by Crippen LogP contribution is -2.55. The molecule has 4 bridgehead atoms. The molecule has 1 aromatic rings. The number of hydrogen-bond donors (Lipinski definition) is 3. The lowest BCUT2D eigenvalue weighted by Gasteiger charge is -2.46. The van der Waals surface area contributed by atoms with Crippen LogP contribution in [0.1, 0.15) is 43.2 Å². The van der Waals surface area contributed by atoms with E-state index in [0.717, 1.165) is 43.2 Å². The number of halogens is 1. The van der Waals surface area contributed by atoms with E-state index >= 15 is 0 Å². The molecule has 3 N–H and O–H groups in total. The summed E-state index contributed by atoms with van der Waals surface area (Å²) in [6, 6.07) is 5.99. The van der Waals surface area contributed by atoms with E-state index in [1.165, 1.54) is 4.90 Å². The molecule has 224 valence electrons. The zero-order chi connectivity index (χ0) is 29.6. The summed E-state index contributed by atoms with van der Waals surface area (Å²) in [5.41, 5.74) is -0.541. The second-order valence-electron chi connectivity index (χ2n) is 12.6. The van der Waals surface area contributed by atoms with Crippen molar-refractivity contribution in [2.75, 3.05) is 33.3 Å². The predicted octanol–water partition coefficient (Wildman–Crippen LogP) is 3.82. The van der Waals surface area contributed by atoms with Gasteiger partial charge < -0.3 is 29.9 Å². The molecule has 1 amide bonds. The minimum atomic E-state index is -2.50. The first kappa shape index (κ1) is 29.0. The Hall–Kier alpha value is -3.07. The molecule has 6 atom stereocenters. The second kappa shape index (κ2) is 11.2. The maximum atomic E-state index is 14.0. The van der Waals surface area contributed by atoms with Gasteiger partial charge in [-0.05, 0) is 97.5 Å². The number of ether oxygens (including phenoxy) is 1. The van der Waals surface area contributed by atoms with E-state index < -0.39 is 34.9 Å². The minimum Gasteiger partial charge on any atom is -0.496 e. The number of carboxylic acid groups (broad SMARTS) is 1. The van der Waals surface area contributed by atoms with Gasteiger partial charge in [0.15, 0.2) is 0 Å². The highest BCUT2D eigenvalue weighted by Crippen LogP contribution is 2.45. The number of aliphatic hydroxyl groups excluding tert-OH is 1. The van der Waals surface area contributed by atoms with Gasteiger partial charge in [0.05, 0.1) is 12.7 Å². The smallest absolute Gasteiger partial charge is 0.341 e. The zero-order valence-corrected chi connectivity index (χ0v) is 24.7. The second-order valence-corrected chi connectivity index (χ2v) is 13.1. The Morgan fingerprint density at radius 1 is 1.21 bits per heavy atom. The summed E-state index contributed by atoms with van der Waals surface area (Å²) in [7, 11) is 1.61. The highest BCUT2D eigenvalue weighted by molar-refractivity contribution is 6.30. The fourth-order valence-electron chi connectivity index (χ4n) is 7.55. The van der Waals surface area contributed by atoms with Crippen molar-refractivity contribution in [3.05, 3.63) is 82.3 Å². The SMILES string of the molecule is CN1CC/C=C/[C@H](O)[C@@H]2CC[C@H]2CN2C=CC3=CC=C(OC[C@]4(CCCc5cc(Cl)ccc54)C2)C(C1=O)[C@]3(O)C(=O)O. The number of fused-ring (bicyclic) bond motifs is 4. The summed E-state index contributed by atoms with van der Waals surface area (Å²) in [4.78, 5) is 30.4. The Morgan fingerprint density at radius 3 is 2.81 bits per heavy atom. The summed E-state index contributed by atoms with van der Waals surface area (Å²) in [5, 5.41) is 34.0. The van der Waals surface area contributed by atoms with E-state index in [9.17, 15) is 24.9 Å². The van der Waals surface area contributed by atoms with Crippen molar-refractivity contribution >= 4 is 23.5 Å². The fourth-order valence-corrected chi connectivity index (χ4v) is 7.75. The Balaban J connectivity index is 1.51. The van der Waals surface area contributed by atoms with Gasteiger partial charge in [-0.1, -0.05) is 35.9 Å². The Kier molecular flexibility index (Phi) is 7.75. The van der Waals surface area contributed by atoms with Gasteiger partial charge in [0, 0.05) is 37.1 Å². The Labute approximate surface area is 251 Å². The van der Waals surface area contributed by atoms with Crippen LogP contribution in [0.3, 0.4) is 0 Å². The number of rotatable bonds is 1. The number of benzene rings is 1. The molecule has 1 unspecified atom stereocenters. The molecule has 9 heteroatoms. The van der Waals surface area contributed by atoms with Crippen LogP contribution in [0.4, 0.5) is 0 Å². The number of aliphatic hydroxyl groups is 2. The van der Waals surface area contributed by atoms with Gasteiger partial charge in [0.25, 0.3) is 0 Å². The van der Waals surface area contributed by atoms with Crippen LogP contribution in [-0.2, 0) is 26.2 Å². The van der Waals surface area contributed by atoms with Gasteiger partial charge in [-0.15, -0.1) is 0 Å². The lowest BCUT2D eigenvalue weighted by molar-refractivity contribution is -0.166. The van der Waals surface area contributed by atoms with Crippen molar-refractivity contribution in [3.63, 3.8) is 0 Å². The molecule has 1 fully saturated rings. The first-order chi connectivity index (χ1) is 20.1. The van der Waals surface area contributed by atoms with Crippen LogP contribution >= 0.6 is 11.6 Å². The van der Waals surface area contributed by atoms with Crippen molar-refractivity contribution in [1.82, 2.24) is 9.80 Å². The number of allylic oxidation sites excluding steroid dienone is 2. The van der Waals surface area contributed by atoms with E-state index in [-0.39, 0.29) is 29.8 Å². The standard InChI is InChI=1S/C33H39ClN2O6/c1-35-15-3-2-6-27(37)25-10-7-22(25)18-36-16-13-23-8-12-28(29(30(35)38)33(23,41)31(39)40)42-20-32(19-36)14-4-5-21-17-24(34)9-11-26(21)32/h2,6,8-9,11-13,16-17,22,25,27,29,37,41H,3-5,7,10,14-15,18-20H2,1H3,(H,39,40)/b6-2+,16-13?/t22-,25+,27-,29?,32-,33-/m0/s1. The monoisotopic (exact) mass is 594 g/mol. The Morgan fingerprint density at radius 2 is 2.05 bits per heavy atom. The van der Waals surface area contributed by atoms with Crippen molar-refractivity contribution in [1.29, 1.82) is 0 Å². The molecule has 42 heavy (non-hydrogen) atoms. The minimum absolute atomic E-state index is 0.115. The van der Waals surface area contributed by atoms with Gasteiger partial charge in [-0.3, -0.25) is 4.79 Å². The number of aryl methyl sites for hydroxylation is 1. The van der Waals surface area contributed by atoms with Crippen LogP contribution in [0.5, 0.6) is 0 Å². The predicted molar refractivity (Wildman–Crippen MR) is 159 cm³/mol. The van der Waals surface area contributed by atoms with Crippen LogP contribution in [0.25, 0.3) is 0 Å². The Bertz CT molecular complexity index is 1390. The molecular formula is C33H39ClN2O6. The van der Waals surface area contributed by atoms with E-state index in [2.05, 4.69) is 11.0 Å². The molecule has 3 aliphatic heterocycles. The summed E-state index contributed by atoms with van der Waals surface area (Å²) in [6.07, 6.45) is 14.9. The van der Waals surface area contributed by atoms with Crippen molar-refractivity contribution in [2.24, 2.45) is 17.8 Å². The molecule has 6 aliphatic rings. The van der Waals surface area contributed by atoms with E-state index in [1.807, 2.05) is 30.5 Å². The number of carboxylic acids is 1.